The van der Waals surface area contributed by atoms with Crippen LogP contribution in [-0.4, -0.2) is 30.2 Å². The average molecular weight is 260 g/mol. The predicted molar refractivity (Wildman–Crippen MR) is 65.3 cm³/mol. The van der Waals surface area contributed by atoms with Gasteiger partial charge in [-0.15, -0.1) is 12.4 Å². The number of carbonyl (C=O) groups is 1. The molecule has 5 nitrogen and oxygen atoms in total. The standard InChI is InChI=1S/C11H13NO4.ClH/c1-2-15-11(12)8-3-5-9(6-4-8)16-7-10(13)14;/h3-6,12H,2,7H2,1H3,(H,13,14);1H. The lowest BCUT2D eigenvalue weighted by Gasteiger charge is -2.06. The molecule has 0 saturated heterocycles. The number of carboxylic acid groups (broad SMARTS) is 1. The third kappa shape index (κ3) is 5.21. The highest BCUT2D eigenvalue weighted by Crippen LogP contribution is 2.12. The van der Waals surface area contributed by atoms with Crippen LogP contribution in [0.25, 0.3) is 0 Å². The third-order valence-corrected chi connectivity index (χ3v) is 1.77. The Morgan fingerprint density at radius 3 is 2.41 bits per heavy atom. The van der Waals surface area contributed by atoms with Crippen LogP contribution in [0.2, 0.25) is 0 Å². The van der Waals surface area contributed by atoms with E-state index in [1.165, 1.54) is 0 Å². The summed E-state index contributed by atoms with van der Waals surface area (Å²) in [7, 11) is 0. The maximum Gasteiger partial charge on any atom is 0.341 e. The van der Waals surface area contributed by atoms with Crippen LogP contribution < -0.4 is 4.74 Å². The minimum Gasteiger partial charge on any atom is -0.482 e. The van der Waals surface area contributed by atoms with Crippen molar-refractivity contribution in [2.24, 2.45) is 0 Å². The molecule has 0 fully saturated rings. The topological polar surface area (TPSA) is 79.6 Å². The predicted octanol–water partition coefficient (Wildman–Crippen LogP) is 1.93. The van der Waals surface area contributed by atoms with E-state index in [0.29, 0.717) is 17.9 Å². The van der Waals surface area contributed by atoms with Gasteiger partial charge >= 0.3 is 5.97 Å². The normalized spacial score (nSPS) is 9.00. The third-order valence-electron chi connectivity index (χ3n) is 1.77. The van der Waals surface area contributed by atoms with Crippen molar-refractivity contribution < 1.29 is 19.4 Å². The Balaban J connectivity index is 0.00000256. The molecule has 94 valence electrons. The summed E-state index contributed by atoms with van der Waals surface area (Å²) in [4.78, 5) is 10.3. The monoisotopic (exact) mass is 259 g/mol. The van der Waals surface area contributed by atoms with Gasteiger partial charge in [0.05, 0.1) is 6.61 Å². The van der Waals surface area contributed by atoms with Crippen LogP contribution in [0, 0.1) is 5.41 Å². The number of ether oxygens (including phenoxy) is 2. The van der Waals surface area contributed by atoms with Gasteiger partial charge in [-0.25, -0.2) is 4.79 Å². The molecule has 6 heteroatoms. The minimum absolute atomic E-state index is 0. The number of halogens is 1. The Hall–Kier alpha value is -1.75. The molecule has 1 rings (SSSR count). The first-order valence-electron chi connectivity index (χ1n) is 4.80. The lowest BCUT2D eigenvalue weighted by Crippen LogP contribution is -2.09. The maximum absolute atomic E-state index is 10.3. The van der Waals surface area contributed by atoms with Crippen molar-refractivity contribution >= 4 is 24.3 Å². The van der Waals surface area contributed by atoms with E-state index in [-0.39, 0.29) is 24.9 Å². The second-order valence-electron chi connectivity index (χ2n) is 2.97. The minimum atomic E-state index is -1.02. The molecule has 0 aromatic heterocycles. The Kier molecular flexibility index (Phi) is 6.74. The van der Waals surface area contributed by atoms with Gasteiger partial charge in [0.2, 0.25) is 5.90 Å². The van der Waals surface area contributed by atoms with Gasteiger partial charge in [0, 0.05) is 5.56 Å². The summed E-state index contributed by atoms with van der Waals surface area (Å²) in [5.74, 6) is -0.478. The van der Waals surface area contributed by atoms with Crippen molar-refractivity contribution in [3.05, 3.63) is 29.8 Å². The van der Waals surface area contributed by atoms with E-state index >= 15 is 0 Å². The number of nitrogens with one attached hydrogen (secondary N) is 1. The molecule has 0 aliphatic rings. The molecule has 0 aliphatic heterocycles. The molecule has 0 atom stereocenters. The molecule has 0 spiro atoms. The molecule has 0 unspecified atom stereocenters. The molecule has 0 amide bonds. The second kappa shape index (κ2) is 7.51. The van der Waals surface area contributed by atoms with Crippen molar-refractivity contribution in [2.75, 3.05) is 13.2 Å². The highest BCUT2D eigenvalue weighted by molar-refractivity contribution is 5.91. The van der Waals surface area contributed by atoms with Crippen LogP contribution in [0.5, 0.6) is 5.75 Å². The zero-order valence-electron chi connectivity index (χ0n) is 9.30. The van der Waals surface area contributed by atoms with E-state index in [4.69, 9.17) is 20.0 Å². The van der Waals surface area contributed by atoms with E-state index in [1.54, 1.807) is 31.2 Å². The zero-order chi connectivity index (χ0) is 12.0. The van der Waals surface area contributed by atoms with Crippen LogP contribution in [0.1, 0.15) is 12.5 Å². The summed E-state index contributed by atoms with van der Waals surface area (Å²) in [5, 5.41) is 15.9. The molecule has 2 N–H and O–H groups in total. The molecular weight excluding hydrogens is 246 g/mol. The fourth-order valence-corrected chi connectivity index (χ4v) is 1.08. The van der Waals surface area contributed by atoms with E-state index in [2.05, 4.69) is 0 Å². The first kappa shape index (κ1) is 15.2. The lowest BCUT2D eigenvalue weighted by molar-refractivity contribution is -0.139. The fraction of sp³-hybridized carbons (Fsp3) is 0.273. The maximum atomic E-state index is 10.3. The zero-order valence-corrected chi connectivity index (χ0v) is 10.1. The SMILES string of the molecule is CCOC(=N)c1ccc(OCC(=O)O)cc1.Cl. The van der Waals surface area contributed by atoms with Crippen LogP contribution in [0.3, 0.4) is 0 Å². The summed E-state index contributed by atoms with van der Waals surface area (Å²) in [6, 6.07) is 6.50. The van der Waals surface area contributed by atoms with Gasteiger partial charge in [0.1, 0.15) is 5.75 Å². The summed E-state index contributed by atoms with van der Waals surface area (Å²) in [6.45, 7) is 1.87. The fourth-order valence-electron chi connectivity index (χ4n) is 1.08. The number of hydrogen-bond acceptors (Lipinski definition) is 4. The van der Waals surface area contributed by atoms with Crippen LogP contribution in [-0.2, 0) is 9.53 Å². The number of benzene rings is 1. The summed E-state index contributed by atoms with van der Waals surface area (Å²) >= 11 is 0. The molecule has 0 aliphatic carbocycles. The Morgan fingerprint density at radius 2 is 1.94 bits per heavy atom. The largest absolute Gasteiger partial charge is 0.482 e. The Labute approximate surface area is 105 Å². The summed E-state index contributed by atoms with van der Waals surface area (Å²) < 4.78 is 9.97. The van der Waals surface area contributed by atoms with Gasteiger partial charge in [0.15, 0.2) is 6.61 Å². The summed E-state index contributed by atoms with van der Waals surface area (Å²) in [5.41, 5.74) is 0.629. The van der Waals surface area contributed by atoms with Gasteiger partial charge in [0.25, 0.3) is 0 Å². The molecule has 1 aromatic rings. The smallest absolute Gasteiger partial charge is 0.341 e. The van der Waals surface area contributed by atoms with E-state index in [1.807, 2.05) is 0 Å². The quantitative estimate of drug-likeness (QED) is 0.626. The van der Waals surface area contributed by atoms with Crippen molar-refractivity contribution in [3.8, 4) is 5.75 Å². The van der Waals surface area contributed by atoms with Gasteiger partial charge in [-0.05, 0) is 31.2 Å². The Morgan fingerprint density at radius 1 is 1.35 bits per heavy atom. The highest BCUT2D eigenvalue weighted by atomic mass is 35.5. The number of aliphatic carboxylic acids is 1. The molecule has 0 heterocycles. The summed E-state index contributed by atoms with van der Waals surface area (Å²) in [6.07, 6.45) is 0. The number of rotatable bonds is 5. The van der Waals surface area contributed by atoms with Gasteiger partial charge < -0.3 is 14.6 Å². The second-order valence-corrected chi connectivity index (χ2v) is 2.97. The van der Waals surface area contributed by atoms with Gasteiger partial charge in [-0.1, -0.05) is 0 Å². The van der Waals surface area contributed by atoms with Crippen molar-refractivity contribution in [3.63, 3.8) is 0 Å². The Bertz CT molecular complexity index is 378. The van der Waals surface area contributed by atoms with Crippen molar-refractivity contribution in [2.45, 2.75) is 6.92 Å². The highest BCUT2D eigenvalue weighted by Gasteiger charge is 2.03. The number of carboxylic acids is 1. The average Bonchev–Trinajstić information content (AvgIpc) is 2.27. The van der Waals surface area contributed by atoms with Crippen molar-refractivity contribution in [1.82, 2.24) is 0 Å². The van der Waals surface area contributed by atoms with E-state index in [0.717, 1.165) is 0 Å². The lowest BCUT2D eigenvalue weighted by atomic mass is 10.2. The van der Waals surface area contributed by atoms with Crippen LogP contribution in [0.15, 0.2) is 24.3 Å². The van der Waals surface area contributed by atoms with Gasteiger partial charge in [-0.2, -0.15) is 0 Å². The van der Waals surface area contributed by atoms with Crippen LogP contribution in [0.4, 0.5) is 0 Å². The van der Waals surface area contributed by atoms with E-state index in [9.17, 15) is 4.79 Å². The molecule has 17 heavy (non-hydrogen) atoms. The first-order chi connectivity index (χ1) is 7.63. The molecule has 0 bridgehead atoms. The first-order valence-corrected chi connectivity index (χ1v) is 4.80. The molecule has 0 saturated carbocycles. The van der Waals surface area contributed by atoms with Gasteiger partial charge in [-0.3, -0.25) is 5.41 Å². The van der Waals surface area contributed by atoms with Crippen LogP contribution >= 0.6 is 12.4 Å². The molecule has 0 radical (unpaired) electrons. The molecular formula is C11H14ClNO4. The van der Waals surface area contributed by atoms with E-state index < -0.39 is 5.97 Å². The van der Waals surface area contributed by atoms with Crippen molar-refractivity contribution in [1.29, 1.82) is 5.41 Å². The molecule has 1 aromatic carbocycles. The number of hydrogen-bond donors (Lipinski definition) is 2.